The summed E-state index contributed by atoms with van der Waals surface area (Å²) in [6, 6.07) is 10.9. The number of thiazole rings is 1. The van der Waals surface area contributed by atoms with Crippen LogP contribution >= 0.6 is 11.3 Å². The van der Waals surface area contributed by atoms with Gasteiger partial charge in [-0.15, -0.1) is 11.3 Å². The molecule has 0 spiro atoms. The Morgan fingerprint density at radius 2 is 1.72 bits per heavy atom. The van der Waals surface area contributed by atoms with E-state index in [2.05, 4.69) is 10.3 Å². The third-order valence-electron chi connectivity index (χ3n) is 5.56. The van der Waals surface area contributed by atoms with Crippen molar-refractivity contribution in [2.24, 2.45) is 0 Å². The molecule has 0 radical (unpaired) electrons. The molecule has 1 saturated heterocycles. The van der Waals surface area contributed by atoms with Crippen LogP contribution in [-0.4, -0.2) is 63.5 Å². The lowest BCUT2D eigenvalue weighted by Crippen LogP contribution is -2.27. The van der Waals surface area contributed by atoms with Crippen LogP contribution in [0.1, 0.15) is 23.2 Å². The molecule has 10 nitrogen and oxygen atoms in total. The summed E-state index contributed by atoms with van der Waals surface area (Å²) in [6.07, 6.45) is 1.68. The van der Waals surface area contributed by atoms with E-state index in [4.69, 9.17) is 14.2 Å². The molecule has 0 atom stereocenters. The third kappa shape index (κ3) is 5.66. The highest BCUT2D eigenvalue weighted by molar-refractivity contribution is 7.89. The number of hydrogen-bond acceptors (Lipinski definition) is 9. The molecular weight excluding hydrogens is 506 g/mol. The third-order valence-corrected chi connectivity index (χ3v) is 8.23. The molecule has 4 rings (SSSR count). The molecule has 1 aromatic heterocycles. The van der Waals surface area contributed by atoms with Crippen LogP contribution in [-0.2, 0) is 19.6 Å². The van der Waals surface area contributed by atoms with Gasteiger partial charge in [-0.3, -0.25) is 10.1 Å². The van der Waals surface area contributed by atoms with Crippen molar-refractivity contribution in [3.05, 3.63) is 53.4 Å². The molecule has 1 amide bonds. The first-order valence-corrected chi connectivity index (χ1v) is 13.4. The highest BCUT2D eigenvalue weighted by Gasteiger charge is 2.27. The normalized spacial score (nSPS) is 13.8. The molecule has 2 aromatic carbocycles. The van der Waals surface area contributed by atoms with Crippen LogP contribution in [0.2, 0.25) is 0 Å². The Morgan fingerprint density at radius 3 is 2.39 bits per heavy atom. The van der Waals surface area contributed by atoms with Gasteiger partial charge < -0.3 is 14.2 Å². The van der Waals surface area contributed by atoms with E-state index < -0.39 is 28.5 Å². The van der Waals surface area contributed by atoms with E-state index in [1.165, 1.54) is 39.9 Å². The lowest BCUT2D eigenvalue weighted by Gasteiger charge is -2.15. The van der Waals surface area contributed by atoms with Crippen LogP contribution in [0.15, 0.2) is 52.7 Å². The van der Waals surface area contributed by atoms with Gasteiger partial charge in [0, 0.05) is 24.0 Å². The molecule has 0 unspecified atom stereocenters. The zero-order valence-electron chi connectivity index (χ0n) is 19.7. The van der Waals surface area contributed by atoms with Gasteiger partial charge in [-0.1, -0.05) is 0 Å². The number of amides is 1. The van der Waals surface area contributed by atoms with E-state index in [0.717, 1.165) is 18.4 Å². The lowest BCUT2D eigenvalue weighted by atomic mass is 10.1. The average molecular weight is 532 g/mol. The van der Waals surface area contributed by atoms with Crippen molar-refractivity contribution >= 4 is 38.4 Å². The van der Waals surface area contributed by atoms with Crippen LogP contribution in [0.25, 0.3) is 11.3 Å². The van der Waals surface area contributed by atoms with Crippen molar-refractivity contribution < 1.29 is 32.2 Å². The quantitative estimate of drug-likeness (QED) is 0.417. The summed E-state index contributed by atoms with van der Waals surface area (Å²) in [5.74, 6) is -0.137. The maximum Gasteiger partial charge on any atom is 0.338 e. The van der Waals surface area contributed by atoms with Crippen LogP contribution in [0.3, 0.4) is 0 Å². The number of benzene rings is 2. The molecule has 1 N–H and O–H groups in total. The summed E-state index contributed by atoms with van der Waals surface area (Å²) < 4.78 is 42.2. The van der Waals surface area contributed by atoms with E-state index in [1.54, 1.807) is 31.7 Å². The number of aromatic nitrogens is 1. The first-order valence-electron chi connectivity index (χ1n) is 11.1. The SMILES string of the molecule is COc1ccc(-c2csc(NC(=O)COC(=O)c3ccc(S(=O)(=O)N4CCCC4)cc3)n2)cc1OC. The Balaban J connectivity index is 1.32. The first kappa shape index (κ1) is 25.6. The van der Waals surface area contributed by atoms with Gasteiger partial charge in [-0.25, -0.2) is 18.2 Å². The van der Waals surface area contributed by atoms with E-state index in [1.807, 2.05) is 6.07 Å². The summed E-state index contributed by atoms with van der Waals surface area (Å²) in [5, 5.41) is 4.72. The second-order valence-electron chi connectivity index (χ2n) is 7.87. The maximum absolute atomic E-state index is 12.6. The van der Waals surface area contributed by atoms with Gasteiger partial charge in [0.2, 0.25) is 10.0 Å². The molecule has 1 aliphatic heterocycles. The molecule has 36 heavy (non-hydrogen) atoms. The van der Waals surface area contributed by atoms with E-state index in [9.17, 15) is 18.0 Å². The van der Waals surface area contributed by atoms with Crippen LogP contribution < -0.4 is 14.8 Å². The lowest BCUT2D eigenvalue weighted by molar-refractivity contribution is -0.119. The maximum atomic E-state index is 12.6. The molecular formula is C24H25N3O7S2. The number of rotatable bonds is 9. The number of carbonyl (C=O) groups is 2. The average Bonchev–Trinajstić information content (AvgIpc) is 3.60. The smallest absolute Gasteiger partial charge is 0.338 e. The fourth-order valence-corrected chi connectivity index (χ4v) is 5.92. The highest BCUT2D eigenvalue weighted by atomic mass is 32.2. The Bertz CT molecular complexity index is 1350. The number of nitrogens with one attached hydrogen (secondary N) is 1. The highest BCUT2D eigenvalue weighted by Crippen LogP contribution is 2.33. The summed E-state index contributed by atoms with van der Waals surface area (Å²) in [5.41, 5.74) is 1.57. The predicted molar refractivity (Wildman–Crippen MR) is 134 cm³/mol. The first-order chi connectivity index (χ1) is 17.3. The predicted octanol–water partition coefficient (Wildman–Crippen LogP) is 3.41. The van der Waals surface area contributed by atoms with Crippen molar-refractivity contribution in [1.29, 1.82) is 0 Å². The Morgan fingerprint density at radius 1 is 1.03 bits per heavy atom. The van der Waals surface area contributed by atoms with Crippen molar-refractivity contribution in [3.8, 4) is 22.8 Å². The summed E-state index contributed by atoms with van der Waals surface area (Å²) in [4.78, 5) is 29.1. The monoisotopic (exact) mass is 531 g/mol. The van der Waals surface area contributed by atoms with Crippen molar-refractivity contribution in [3.63, 3.8) is 0 Å². The molecule has 0 aliphatic carbocycles. The van der Waals surface area contributed by atoms with Crippen molar-refractivity contribution in [2.75, 3.05) is 39.2 Å². The molecule has 1 fully saturated rings. The number of methoxy groups -OCH3 is 2. The number of hydrogen-bond donors (Lipinski definition) is 1. The summed E-state index contributed by atoms with van der Waals surface area (Å²) in [7, 11) is -0.476. The molecule has 3 aromatic rings. The van der Waals surface area contributed by atoms with Gasteiger partial charge in [0.15, 0.2) is 23.2 Å². The zero-order chi connectivity index (χ0) is 25.7. The molecule has 1 aliphatic rings. The molecule has 0 saturated carbocycles. The number of ether oxygens (including phenoxy) is 3. The topological polar surface area (TPSA) is 124 Å². The van der Waals surface area contributed by atoms with Crippen molar-refractivity contribution in [2.45, 2.75) is 17.7 Å². The molecule has 0 bridgehead atoms. The van der Waals surface area contributed by atoms with Gasteiger partial charge in [-0.05, 0) is 55.3 Å². The zero-order valence-corrected chi connectivity index (χ0v) is 21.4. The molecule has 190 valence electrons. The standard InChI is InChI=1S/C24H25N3O7S2/c1-32-20-10-7-17(13-21(20)33-2)19-15-35-24(25-19)26-22(28)14-34-23(29)16-5-8-18(9-6-16)36(30,31)27-11-3-4-12-27/h5-10,13,15H,3-4,11-12,14H2,1-2H3,(H,25,26,28). The Kier molecular flexibility index (Phi) is 7.87. The minimum atomic E-state index is -3.57. The van der Waals surface area contributed by atoms with Gasteiger partial charge in [0.1, 0.15) is 0 Å². The number of esters is 1. The molecule has 2 heterocycles. The fourth-order valence-electron chi connectivity index (χ4n) is 3.67. The van der Waals surface area contributed by atoms with E-state index in [0.29, 0.717) is 35.4 Å². The Hall–Kier alpha value is -3.48. The van der Waals surface area contributed by atoms with E-state index >= 15 is 0 Å². The number of sulfonamides is 1. The minimum Gasteiger partial charge on any atom is -0.493 e. The second kappa shape index (κ2) is 11.1. The van der Waals surface area contributed by atoms with Crippen LogP contribution in [0.4, 0.5) is 5.13 Å². The Labute approximate surface area is 212 Å². The van der Waals surface area contributed by atoms with Gasteiger partial charge in [0.05, 0.1) is 30.4 Å². The molecule has 12 heteroatoms. The summed E-state index contributed by atoms with van der Waals surface area (Å²) in [6.45, 7) is 0.476. The number of nitrogens with zero attached hydrogens (tertiary/aromatic N) is 2. The minimum absolute atomic E-state index is 0.118. The largest absolute Gasteiger partial charge is 0.493 e. The fraction of sp³-hybridized carbons (Fsp3) is 0.292. The number of carbonyl (C=O) groups excluding carboxylic acids is 2. The van der Waals surface area contributed by atoms with Crippen LogP contribution in [0.5, 0.6) is 11.5 Å². The second-order valence-corrected chi connectivity index (χ2v) is 10.7. The van der Waals surface area contributed by atoms with E-state index in [-0.39, 0.29) is 10.5 Å². The van der Waals surface area contributed by atoms with Gasteiger partial charge in [0.25, 0.3) is 5.91 Å². The number of anilines is 1. The van der Waals surface area contributed by atoms with Crippen LogP contribution in [0, 0.1) is 0 Å². The summed E-state index contributed by atoms with van der Waals surface area (Å²) >= 11 is 1.22. The van der Waals surface area contributed by atoms with Gasteiger partial charge in [-0.2, -0.15) is 4.31 Å². The van der Waals surface area contributed by atoms with Crippen molar-refractivity contribution in [1.82, 2.24) is 9.29 Å². The van der Waals surface area contributed by atoms with Gasteiger partial charge >= 0.3 is 5.97 Å².